The Hall–Kier alpha value is -2.84. The van der Waals surface area contributed by atoms with Crippen LogP contribution in [0.3, 0.4) is 0 Å². The van der Waals surface area contributed by atoms with Crippen molar-refractivity contribution < 1.29 is 13.5 Å². The monoisotopic (exact) mass is 374 g/mol. The molecule has 9 heteroatoms. The van der Waals surface area contributed by atoms with Crippen LogP contribution in [-0.2, 0) is 13.6 Å². The van der Waals surface area contributed by atoms with Crippen LogP contribution in [0.15, 0.2) is 30.6 Å². The van der Waals surface area contributed by atoms with Gasteiger partial charge in [-0.1, -0.05) is 0 Å². The molecule has 1 unspecified atom stereocenters. The van der Waals surface area contributed by atoms with Crippen LogP contribution >= 0.6 is 0 Å². The molecule has 0 N–H and O–H groups in total. The zero-order valence-electron chi connectivity index (χ0n) is 15.1. The van der Waals surface area contributed by atoms with Crippen LogP contribution in [0.5, 0.6) is 5.88 Å². The normalized spacial score (nSPS) is 18.7. The van der Waals surface area contributed by atoms with Crippen LogP contribution in [0.25, 0.3) is 22.9 Å². The summed E-state index contributed by atoms with van der Waals surface area (Å²) in [6.45, 7) is 0.105. The molecule has 3 heterocycles. The summed E-state index contributed by atoms with van der Waals surface area (Å²) in [4.78, 5) is 8.75. The first-order valence-electron chi connectivity index (χ1n) is 8.79. The summed E-state index contributed by atoms with van der Waals surface area (Å²) in [5.74, 6) is -2.05. The first-order chi connectivity index (χ1) is 13.0. The summed E-state index contributed by atoms with van der Waals surface area (Å²) >= 11 is 0. The number of pyridine rings is 1. The van der Waals surface area contributed by atoms with Gasteiger partial charge in [0.1, 0.15) is 5.69 Å². The maximum absolute atomic E-state index is 14.2. The summed E-state index contributed by atoms with van der Waals surface area (Å²) < 4.78 is 36.6. The Morgan fingerprint density at radius 1 is 1.26 bits per heavy atom. The highest BCUT2D eigenvalue weighted by molar-refractivity contribution is 5.59. The van der Waals surface area contributed by atoms with Gasteiger partial charge in [-0.3, -0.25) is 4.68 Å². The quantitative estimate of drug-likeness (QED) is 0.686. The smallest absolute Gasteiger partial charge is 0.252 e. The Kier molecular flexibility index (Phi) is 4.37. The number of halogens is 2. The summed E-state index contributed by atoms with van der Waals surface area (Å²) in [7, 11) is 3.33. The molecule has 142 valence electrons. The van der Waals surface area contributed by atoms with E-state index in [9.17, 15) is 8.78 Å². The Morgan fingerprint density at radius 3 is 2.70 bits per heavy atom. The molecule has 0 aliphatic heterocycles. The first-order valence-corrected chi connectivity index (χ1v) is 8.79. The molecule has 27 heavy (non-hydrogen) atoms. The van der Waals surface area contributed by atoms with E-state index in [1.54, 1.807) is 47.0 Å². The molecule has 0 saturated heterocycles. The molecule has 1 fully saturated rings. The number of nitrogens with zero attached hydrogens (tertiary/aromatic N) is 6. The largest absolute Gasteiger partial charge is 0.481 e. The second kappa shape index (κ2) is 6.71. The minimum absolute atomic E-state index is 0.0705. The molecule has 0 spiro atoms. The number of aryl methyl sites for hydroxylation is 1. The van der Waals surface area contributed by atoms with Crippen molar-refractivity contribution >= 4 is 0 Å². The van der Waals surface area contributed by atoms with Crippen molar-refractivity contribution in [2.75, 3.05) is 7.11 Å². The van der Waals surface area contributed by atoms with E-state index in [1.165, 1.54) is 7.11 Å². The van der Waals surface area contributed by atoms with Gasteiger partial charge in [-0.2, -0.15) is 5.10 Å². The molecular weight excluding hydrogens is 354 g/mol. The minimum atomic E-state index is -2.67. The number of alkyl halides is 2. The number of methoxy groups -OCH3 is 1. The van der Waals surface area contributed by atoms with E-state index in [2.05, 4.69) is 20.2 Å². The van der Waals surface area contributed by atoms with Crippen LogP contribution in [0.4, 0.5) is 8.78 Å². The van der Waals surface area contributed by atoms with Crippen LogP contribution in [0.1, 0.15) is 19.3 Å². The Labute approximate surface area is 155 Å². The summed E-state index contributed by atoms with van der Waals surface area (Å²) in [5.41, 5.74) is 1.28. The predicted molar refractivity (Wildman–Crippen MR) is 94.3 cm³/mol. The lowest BCUT2D eigenvalue weighted by atomic mass is 10.1. The lowest BCUT2D eigenvalue weighted by molar-refractivity contribution is -0.0431. The van der Waals surface area contributed by atoms with Gasteiger partial charge in [0, 0.05) is 43.4 Å². The second-order valence-corrected chi connectivity index (χ2v) is 6.76. The highest BCUT2D eigenvalue weighted by Crippen LogP contribution is 2.41. The molecule has 0 radical (unpaired) electrons. The Balaban J connectivity index is 1.73. The van der Waals surface area contributed by atoms with Crippen molar-refractivity contribution in [1.82, 2.24) is 29.5 Å². The Bertz CT molecular complexity index is 934. The predicted octanol–water partition coefficient (Wildman–Crippen LogP) is 3.18. The van der Waals surface area contributed by atoms with E-state index < -0.39 is 11.8 Å². The average Bonchev–Trinajstić information content (AvgIpc) is 3.35. The van der Waals surface area contributed by atoms with Crippen LogP contribution in [0.2, 0.25) is 0 Å². The number of rotatable bonds is 5. The standard InChI is InChI=1S/C18H20F2N6O/c1-25-9-7-14(23-25)16-22-17(12-5-6-15(27-2)21-10-12)26(24-16)11-13-4-3-8-18(13,19)20/h5-7,9-10,13H,3-4,8,11H2,1-2H3. The third-order valence-electron chi connectivity index (χ3n) is 4.87. The maximum Gasteiger partial charge on any atom is 0.252 e. The number of hydrogen-bond donors (Lipinski definition) is 0. The minimum Gasteiger partial charge on any atom is -0.481 e. The maximum atomic E-state index is 14.2. The highest BCUT2D eigenvalue weighted by atomic mass is 19.3. The third kappa shape index (κ3) is 3.41. The van der Waals surface area contributed by atoms with E-state index in [0.717, 1.165) is 0 Å². The van der Waals surface area contributed by atoms with Gasteiger partial charge in [-0.15, -0.1) is 5.10 Å². The fraction of sp³-hybridized carbons (Fsp3) is 0.444. The number of hydrogen-bond acceptors (Lipinski definition) is 5. The summed E-state index contributed by atoms with van der Waals surface area (Å²) in [5, 5.41) is 8.79. The van der Waals surface area contributed by atoms with Crippen LogP contribution in [-0.4, -0.2) is 42.6 Å². The molecule has 7 nitrogen and oxygen atoms in total. The lowest BCUT2D eigenvalue weighted by Gasteiger charge is -2.19. The SMILES string of the molecule is COc1ccc(-c2nc(-c3ccn(C)n3)nn2CC2CCCC2(F)F)cn1. The first kappa shape index (κ1) is 17.6. The van der Waals surface area contributed by atoms with E-state index >= 15 is 0 Å². The number of aromatic nitrogens is 6. The second-order valence-electron chi connectivity index (χ2n) is 6.76. The molecule has 3 aromatic heterocycles. The molecule has 1 aliphatic rings. The molecule has 1 atom stereocenters. The fourth-order valence-electron chi connectivity index (χ4n) is 3.39. The summed E-state index contributed by atoms with van der Waals surface area (Å²) in [6, 6.07) is 5.29. The van der Waals surface area contributed by atoms with E-state index in [4.69, 9.17) is 4.74 Å². The molecular formula is C18H20F2N6O. The van der Waals surface area contributed by atoms with Gasteiger partial charge in [0.15, 0.2) is 5.82 Å². The Morgan fingerprint density at radius 2 is 2.11 bits per heavy atom. The van der Waals surface area contributed by atoms with Gasteiger partial charge in [0.2, 0.25) is 11.7 Å². The van der Waals surface area contributed by atoms with Gasteiger partial charge < -0.3 is 4.74 Å². The van der Waals surface area contributed by atoms with Crippen molar-refractivity contribution in [1.29, 1.82) is 0 Å². The van der Waals surface area contributed by atoms with E-state index in [-0.39, 0.29) is 13.0 Å². The molecule has 0 bridgehead atoms. The van der Waals surface area contributed by atoms with Crippen molar-refractivity contribution in [3.63, 3.8) is 0 Å². The molecule has 1 aliphatic carbocycles. The van der Waals surface area contributed by atoms with Crippen molar-refractivity contribution in [3.05, 3.63) is 30.6 Å². The fourth-order valence-corrected chi connectivity index (χ4v) is 3.39. The van der Waals surface area contributed by atoms with Gasteiger partial charge in [-0.05, 0) is 25.0 Å². The molecule has 1 saturated carbocycles. The lowest BCUT2D eigenvalue weighted by Crippen LogP contribution is -2.26. The zero-order valence-corrected chi connectivity index (χ0v) is 15.1. The zero-order chi connectivity index (χ0) is 19.0. The molecule has 4 rings (SSSR count). The van der Waals surface area contributed by atoms with Crippen LogP contribution in [0, 0.1) is 5.92 Å². The van der Waals surface area contributed by atoms with Crippen molar-refractivity contribution in [2.45, 2.75) is 31.7 Å². The van der Waals surface area contributed by atoms with Crippen molar-refractivity contribution in [2.24, 2.45) is 13.0 Å². The number of ether oxygens (including phenoxy) is 1. The molecule has 0 aromatic carbocycles. The summed E-state index contributed by atoms with van der Waals surface area (Å²) in [6.07, 6.45) is 4.33. The van der Waals surface area contributed by atoms with Gasteiger partial charge in [0.25, 0.3) is 5.92 Å². The van der Waals surface area contributed by atoms with E-state index in [0.29, 0.717) is 41.6 Å². The van der Waals surface area contributed by atoms with Gasteiger partial charge in [-0.25, -0.2) is 23.4 Å². The average molecular weight is 374 g/mol. The van der Waals surface area contributed by atoms with Gasteiger partial charge >= 0.3 is 0 Å². The van der Waals surface area contributed by atoms with Crippen LogP contribution < -0.4 is 4.74 Å². The topological polar surface area (TPSA) is 70.7 Å². The van der Waals surface area contributed by atoms with Gasteiger partial charge in [0.05, 0.1) is 13.7 Å². The molecule has 0 amide bonds. The third-order valence-corrected chi connectivity index (χ3v) is 4.87. The highest BCUT2D eigenvalue weighted by Gasteiger charge is 2.44. The van der Waals surface area contributed by atoms with Crippen molar-refractivity contribution in [3.8, 4) is 28.8 Å². The molecule has 3 aromatic rings. The van der Waals surface area contributed by atoms with E-state index in [1.807, 2.05) is 0 Å².